The van der Waals surface area contributed by atoms with E-state index in [2.05, 4.69) is 4.52 Å². The molecule has 60 valence electrons. The molecule has 0 aliphatic heterocycles. The van der Waals surface area contributed by atoms with E-state index in [1.165, 1.54) is 6.92 Å². The summed E-state index contributed by atoms with van der Waals surface area (Å²) < 4.78 is 15.7. The summed E-state index contributed by atoms with van der Waals surface area (Å²) in [5.41, 5.74) is -1.34. The van der Waals surface area contributed by atoms with Crippen molar-refractivity contribution in [2.75, 3.05) is 12.8 Å². The van der Waals surface area contributed by atoms with Gasteiger partial charge in [0.25, 0.3) is 0 Å². The van der Waals surface area contributed by atoms with Crippen molar-refractivity contribution in [1.82, 2.24) is 0 Å². The van der Waals surface area contributed by atoms with Gasteiger partial charge < -0.3 is 9.63 Å². The predicted molar refractivity (Wildman–Crippen MR) is 37.8 cm³/mol. The van der Waals surface area contributed by atoms with E-state index >= 15 is 0 Å². The maximum Gasteiger partial charge on any atom is 0.389 e. The van der Waals surface area contributed by atoms with E-state index in [1.54, 1.807) is 6.92 Å². The molecule has 0 saturated heterocycles. The quantitative estimate of drug-likeness (QED) is 0.648. The predicted octanol–water partition coefficient (Wildman–Crippen LogP) is 2.00. The molecule has 1 unspecified atom stereocenters. The van der Waals surface area contributed by atoms with Crippen LogP contribution in [0.1, 0.15) is 13.8 Å². The fraction of sp³-hybridized carbons (Fsp3) is 0.800. The summed E-state index contributed by atoms with van der Waals surface area (Å²) in [6.07, 6.45) is 0.0518. The fourth-order valence-corrected chi connectivity index (χ4v) is 1.47. The molecule has 0 rings (SSSR count). The Kier molecular flexibility index (Phi) is 3.61. The number of carbonyl (C=O) groups is 1. The molecule has 4 nitrogen and oxygen atoms in total. The summed E-state index contributed by atoms with van der Waals surface area (Å²) in [6.45, 7) is 3.33. The largest absolute Gasteiger partial charge is 0.474 e. The van der Waals surface area contributed by atoms with Gasteiger partial charge in [-0.25, -0.2) is 4.79 Å². The molecule has 0 radical (unpaired) electrons. The molecule has 0 amide bonds. The molecule has 5 heteroatoms. The van der Waals surface area contributed by atoms with Crippen molar-refractivity contribution in [2.45, 2.75) is 13.8 Å². The summed E-state index contributed by atoms with van der Waals surface area (Å²) in [5.74, 6) is 0. The fourth-order valence-electron chi connectivity index (χ4n) is 0.490. The third-order valence-corrected chi connectivity index (χ3v) is 3.14. The lowest BCUT2D eigenvalue weighted by molar-refractivity contribution is 0.210. The highest BCUT2D eigenvalue weighted by Crippen LogP contribution is 2.46. The molecule has 0 aliphatic rings. The minimum Gasteiger partial charge on any atom is -0.474 e. The standard InChI is InChI=1S/C5H11O4P/c1-3-9-10(8,4-2)5(6)7/h3-4H2,1-2H3,(H,6,7). The highest BCUT2D eigenvalue weighted by Gasteiger charge is 2.29. The van der Waals surface area contributed by atoms with Gasteiger partial charge in [0.15, 0.2) is 0 Å². The molecule has 0 aromatic carbocycles. The van der Waals surface area contributed by atoms with E-state index in [0.29, 0.717) is 0 Å². The molecule has 0 fully saturated rings. The molecule has 0 saturated carbocycles. The van der Waals surface area contributed by atoms with E-state index in [9.17, 15) is 9.36 Å². The van der Waals surface area contributed by atoms with Crippen LogP contribution in [0.5, 0.6) is 0 Å². The minimum atomic E-state index is -3.36. The van der Waals surface area contributed by atoms with Gasteiger partial charge in [0, 0.05) is 6.16 Å². The molecule has 1 N–H and O–H groups in total. The number of hydrogen-bond donors (Lipinski definition) is 1. The van der Waals surface area contributed by atoms with Gasteiger partial charge in [0.05, 0.1) is 6.61 Å². The summed E-state index contributed by atoms with van der Waals surface area (Å²) in [7, 11) is -3.36. The van der Waals surface area contributed by atoms with Gasteiger partial charge in [0.2, 0.25) is 0 Å². The number of rotatable bonds is 4. The molecule has 0 aromatic rings. The zero-order chi connectivity index (χ0) is 8.20. The highest BCUT2D eigenvalue weighted by molar-refractivity contribution is 7.75. The SMILES string of the molecule is CCOP(=O)(CC)C(=O)O. The van der Waals surface area contributed by atoms with Gasteiger partial charge in [-0.3, -0.25) is 4.57 Å². The zero-order valence-corrected chi connectivity index (χ0v) is 6.93. The van der Waals surface area contributed by atoms with Gasteiger partial charge >= 0.3 is 13.1 Å². The molecule has 0 bridgehead atoms. The van der Waals surface area contributed by atoms with Crippen LogP contribution in [-0.2, 0) is 9.09 Å². The van der Waals surface area contributed by atoms with Crippen LogP contribution in [0.4, 0.5) is 4.79 Å². The molecule has 1 atom stereocenters. The van der Waals surface area contributed by atoms with Gasteiger partial charge in [-0.15, -0.1) is 0 Å². The third kappa shape index (κ3) is 2.12. The average molecular weight is 166 g/mol. The summed E-state index contributed by atoms with van der Waals surface area (Å²) in [5, 5.41) is 8.38. The lowest BCUT2D eigenvalue weighted by Crippen LogP contribution is -2.01. The van der Waals surface area contributed by atoms with Crippen LogP contribution in [-0.4, -0.2) is 23.6 Å². The van der Waals surface area contributed by atoms with Crippen molar-refractivity contribution < 1.29 is 19.0 Å². The van der Waals surface area contributed by atoms with Crippen molar-refractivity contribution in [3.8, 4) is 0 Å². The summed E-state index contributed by atoms with van der Waals surface area (Å²) in [6, 6.07) is 0. The second-order valence-electron chi connectivity index (χ2n) is 1.69. The van der Waals surface area contributed by atoms with E-state index in [4.69, 9.17) is 5.11 Å². The van der Waals surface area contributed by atoms with Crippen LogP contribution in [0.2, 0.25) is 0 Å². The molecular weight excluding hydrogens is 155 g/mol. The Morgan fingerprint density at radius 3 is 2.20 bits per heavy atom. The van der Waals surface area contributed by atoms with Crippen LogP contribution in [0, 0.1) is 0 Å². The lowest BCUT2D eigenvalue weighted by Gasteiger charge is -2.08. The van der Waals surface area contributed by atoms with Crippen molar-refractivity contribution in [3.05, 3.63) is 0 Å². The summed E-state index contributed by atoms with van der Waals surface area (Å²) in [4.78, 5) is 10.3. The van der Waals surface area contributed by atoms with Crippen molar-refractivity contribution in [3.63, 3.8) is 0 Å². The maximum atomic E-state index is 11.1. The molecule has 0 aromatic heterocycles. The van der Waals surface area contributed by atoms with E-state index in [0.717, 1.165) is 0 Å². The second kappa shape index (κ2) is 3.74. The first-order valence-electron chi connectivity index (χ1n) is 3.04. The average Bonchev–Trinajstić information content (AvgIpc) is 1.88. The first-order valence-corrected chi connectivity index (χ1v) is 4.85. The monoisotopic (exact) mass is 166 g/mol. The Labute approximate surface area is 59.6 Å². The summed E-state index contributed by atoms with van der Waals surface area (Å²) >= 11 is 0. The minimum absolute atomic E-state index is 0.0518. The lowest BCUT2D eigenvalue weighted by atomic mass is 10.9. The van der Waals surface area contributed by atoms with Crippen LogP contribution >= 0.6 is 7.37 Å². The normalized spacial score (nSPS) is 16.2. The Morgan fingerprint density at radius 2 is 2.10 bits per heavy atom. The van der Waals surface area contributed by atoms with Crippen LogP contribution in [0.15, 0.2) is 0 Å². The number of hydrogen-bond acceptors (Lipinski definition) is 3. The van der Waals surface area contributed by atoms with Gasteiger partial charge in [-0.05, 0) is 6.92 Å². The third-order valence-electron chi connectivity index (χ3n) is 1.05. The van der Waals surface area contributed by atoms with Gasteiger partial charge in [0.1, 0.15) is 0 Å². The first-order chi connectivity index (χ1) is 4.56. The van der Waals surface area contributed by atoms with Crippen molar-refractivity contribution >= 4 is 13.1 Å². The highest BCUT2D eigenvalue weighted by atomic mass is 31.2. The van der Waals surface area contributed by atoms with Crippen LogP contribution < -0.4 is 0 Å². The van der Waals surface area contributed by atoms with E-state index < -0.39 is 13.1 Å². The maximum absolute atomic E-state index is 11.1. The molecular formula is C5H11O4P. The Morgan fingerprint density at radius 1 is 1.60 bits per heavy atom. The topological polar surface area (TPSA) is 63.6 Å². The first kappa shape index (κ1) is 9.66. The van der Waals surface area contributed by atoms with Gasteiger partial charge in [-0.2, -0.15) is 0 Å². The molecule has 0 heterocycles. The zero-order valence-electron chi connectivity index (χ0n) is 6.03. The van der Waals surface area contributed by atoms with Crippen molar-refractivity contribution in [2.24, 2.45) is 0 Å². The smallest absolute Gasteiger partial charge is 0.389 e. The van der Waals surface area contributed by atoms with Crippen LogP contribution in [0.25, 0.3) is 0 Å². The Bertz CT molecular complexity index is 165. The number of carboxylic acid groups (broad SMARTS) is 1. The Hall–Kier alpha value is -0.340. The van der Waals surface area contributed by atoms with E-state index in [-0.39, 0.29) is 12.8 Å². The van der Waals surface area contributed by atoms with E-state index in [1.807, 2.05) is 0 Å². The molecule has 0 spiro atoms. The Balaban J connectivity index is 4.25. The molecule has 0 aliphatic carbocycles. The van der Waals surface area contributed by atoms with Gasteiger partial charge in [-0.1, -0.05) is 6.92 Å². The second-order valence-corrected chi connectivity index (χ2v) is 4.31. The van der Waals surface area contributed by atoms with Crippen LogP contribution in [0.3, 0.4) is 0 Å². The molecule has 10 heavy (non-hydrogen) atoms. The van der Waals surface area contributed by atoms with Crippen molar-refractivity contribution in [1.29, 1.82) is 0 Å².